The van der Waals surface area contributed by atoms with Crippen LogP contribution in [0.5, 0.6) is 0 Å². The van der Waals surface area contributed by atoms with Crippen LogP contribution in [-0.4, -0.2) is 40.6 Å². The smallest absolute Gasteiger partial charge is 0.410 e. The topological polar surface area (TPSA) is 84.7 Å². The maximum atomic E-state index is 12.3. The molecular weight excluding hydrogens is 322 g/mol. The molecule has 7 nitrogen and oxygen atoms in total. The fourth-order valence-corrected chi connectivity index (χ4v) is 2.87. The molecule has 1 aliphatic rings. The third-order valence-electron chi connectivity index (χ3n) is 4.24. The predicted octanol–water partition coefficient (Wildman–Crippen LogP) is 4.02. The first-order chi connectivity index (χ1) is 11.6. The average Bonchev–Trinajstić information content (AvgIpc) is 2.49. The normalized spacial score (nSPS) is 18.0. The Bertz CT molecular complexity index is 667. The summed E-state index contributed by atoms with van der Waals surface area (Å²) in [5, 5.41) is 14.6. The van der Waals surface area contributed by atoms with Crippen molar-refractivity contribution >= 4 is 17.5 Å². The van der Waals surface area contributed by atoms with Gasteiger partial charge in [-0.05, 0) is 64.7 Å². The minimum absolute atomic E-state index is 0.0397. The summed E-state index contributed by atoms with van der Waals surface area (Å²) in [4.78, 5) is 24.9. The van der Waals surface area contributed by atoms with Gasteiger partial charge >= 0.3 is 6.09 Å². The number of nitro benzene ring substituents is 1. The van der Waals surface area contributed by atoms with Gasteiger partial charge in [0, 0.05) is 25.2 Å². The van der Waals surface area contributed by atoms with Gasteiger partial charge in [-0.2, -0.15) is 0 Å². The second-order valence-electron chi connectivity index (χ2n) is 7.62. The van der Waals surface area contributed by atoms with E-state index >= 15 is 0 Å². The molecule has 0 spiro atoms. The lowest BCUT2D eigenvalue weighted by molar-refractivity contribution is -0.384. The summed E-state index contributed by atoms with van der Waals surface area (Å²) in [6, 6.07) is 3.36. The Labute approximate surface area is 148 Å². The number of piperidine rings is 1. The number of rotatable bonds is 3. The van der Waals surface area contributed by atoms with Crippen molar-refractivity contribution in [3.05, 3.63) is 33.4 Å². The summed E-state index contributed by atoms with van der Waals surface area (Å²) in [6.45, 7) is 10.4. The fraction of sp³-hybridized carbons (Fsp3) is 0.611. The molecule has 138 valence electrons. The second kappa shape index (κ2) is 7.29. The fourth-order valence-electron chi connectivity index (χ4n) is 2.87. The maximum Gasteiger partial charge on any atom is 0.410 e. The van der Waals surface area contributed by atoms with Crippen LogP contribution < -0.4 is 5.32 Å². The number of hydrogen-bond donors (Lipinski definition) is 1. The molecule has 1 amide bonds. The van der Waals surface area contributed by atoms with Crippen LogP contribution in [0, 0.1) is 24.0 Å². The summed E-state index contributed by atoms with van der Waals surface area (Å²) in [5.41, 5.74) is 1.91. The molecule has 1 atom stereocenters. The van der Waals surface area contributed by atoms with Gasteiger partial charge in [0.15, 0.2) is 0 Å². The van der Waals surface area contributed by atoms with Gasteiger partial charge in [0.2, 0.25) is 0 Å². The molecule has 1 aromatic rings. The highest BCUT2D eigenvalue weighted by molar-refractivity contribution is 5.69. The molecule has 0 saturated carbocycles. The molecular formula is C18H27N3O4. The first kappa shape index (κ1) is 19.0. The number of carbonyl (C=O) groups excluding carboxylic acids is 1. The molecule has 1 saturated heterocycles. The highest BCUT2D eigenvalue weighted by Crippen LogP contribution is 2.29. The van der Waals surface area contributed by atoms with Gasteiger partial charge in [0.25, 0.3) is 5.69 Å². The lowest BCUT2D eigenvalue weighted by Gasteiger charge is -2.34. The Kier molecular flexibility index (Phi) is 5.55. The Morgan fingerprint density at radius 1 is 1.32 bits per heavy atom. The molecule has 0 aliphatic carbocycles. The Balaban J connectivity index is 2.12. The van der Waals surface area contributed by atoms with E-state index in [1.54, 1.807) is 17.0 Å². The van der Waals surface area contributed by atoms with E-state index in [-0.39, 0.29) is 22.7 Å². The molecule has 1 aromatic carbocycles. The molecule has 2 rings (SSSR count). The van der Waals surface area contributed by atoms with Crippen LogP contribution >= 0.6 is 0 Å². The summed E-state index contributed by atoms with van der Waals surface area (Å²) in [6.07, 6.45) is 1.34. The van der Waals surface area contributed by atoms with Crippen LogP contribution in [0.1, 0.15) is 44.7 Å². The quantitative estimate of drug-likeness (QED) is 0.658. The monoisotopic (exact) mass is 349 g/mol. The minimum atomic E-state index is -0.537. The number of benzene rings is 1. The molecule has 1 N–H and O–H groups in total. The van der Waals surface area contributed by atoms with E-state index in [0.717, 1.165) is 24.0 Å². The van der Waals surface area contributed by atoms with Crippen LogP contribution in [0.2, 0.25) is 0 Å². The van der Waals surface area contributed by atoms with Crippen molar-refractivity contribution < 1.29 is 14.5 Å². The van der Waals surface area contributed by atoms with E-state index in [1.807, 2.05) is 34.6 Å². The molecule has 1 fully saturated rings. The number of likely N-dealkylation sites (tertiary alicyclic amines) is 1. The highest BCUT2D eigenvalue weighted by Gasteiger charge is 2.28. The SMILES string of the molecule is Cc1cc(NC2CCCN(C(=O)OC(C)(C)C)C2)c([N+](=O)[O-])cc1C. The van der Waals surface area contributed by atoms with Gasteiger partial charge in [0.1, 0.15) is 11.3 Å². The molecule has 25 heavy (non-hydrogen) atoms. The number of carbonyl (C=O) groups is 1. The molecule has 0 bridgehead atoms. The molecule has 0 aromatic heterocycles. The second-order valence-corrected chi connectivity index (χ2v) is 7.62. The zero-order chi connectivity index (χ0) is 18.8. The van der Waals surface area contributed by atoms with E-state index in [2.05, 4.69) is 5.32 Å². The zero-order valence-electron chi connectivity index (χ0n) is 15.6. The Morgan fingerprint density at radius 2 is 1.96 bits per heavy atom. The molecule has 7 heteroatoms. The number of nitro groups is 1. The van der Waals surface area contributed by atoms with Crippen LogP contribution in [0.3, 0.4) is 0 Å². The Hall–Kier alpha value is -2.31. The lowest BCUT2D eigenvalue weighted by Crippen LogP contribution is -2.47. The largest absolute Gasteiger partial charge is 0.444 e. The summed E-state index contributed by atoms with van der Waals surface area (Å²) < 4.78 is 5.42. The van der Waals surface area contributed by atoms with Gasteiger partial charge in [0.05, 0.1) is 4.92 Å². The van der Waals surface area contributed by atoms with Crippen molar-refractivity contribution in [3.8, 4) is 0 Å². The number of nitrogens with one attached hydrogen (secondary N) is 1. The van der Waals surface area contributed by atoms with E-state index in [9.17, 15) is 14.9 Å². The van der Waals surface area contributed by atoms with E-state index in [4.69, 9.17) is 4.74 Å². The lowest BCUT2D eigenvalue weighted by atomic mass is 10.0. The number of aryl methyl sites for hydroxylation is 2. The van der Waals surface area contributed by atoms with Crippen molar-refractivity contribution in [3.63, 3.8) is 0 Å². The number of anilines is 1. The van der Waals surface area contributed by atoms with Crippen molar-refractivity contribution in [2.24, 2.45) is 0 Å². The number of nitrogens with zero attached hydrogens (tertiary/aromatic N) is 2. The van der Waals surface area contributed by atoms with Crippen LogP contribution in [-0.2, 0) is 4.74 Å². The zero-order valence-corrected chi connectivity index (χ0v) is 15.6. The third-order valence-corrected chi connectivity index (χ3v) is 4.24. The molecule has 1 heterocycles. The first-order valence-corrected chi connectivity index (χ1v) is 8.57. The number of ether oxygens (including phenoxy) is 1. The number of amides is 1. The minimum Gasteiger partial charge on any atom is -0.444 e. The van der Waals surface area contributed by atoms with Crippen LogP contribution in [0.15, 0.2) is 12.1 Å². The molecule has 1 unspecified atom stereocenters. The maximum absolute atomic E-state index is 12.3. The summed E-state index contributed by atoms with van der Waals surface area (Å²) in [5.74, 6) is 0. The summed E-state index contributed by atoms with van der Waals surface area (Å²) >= 11 is 0. The van der Waals surface area contributed by atoms with E-state index in [1.165, 1.54) is 0 Å². The van der Waals surface area contributed by atoms with Crippen LogP contribution in [0.4, 0.5) is 16.2 Å². The number of hydrogen-bond acceptors (Lipinski definition) is 5. The van der Waals surface area contributed by atoms with Gasteiger partial charge in [-0.3, -0.25) is 10.1 Å². The van der Waals surface area contributed by atoms with Crippen molar-refractivity contribution in [1.82, 2.24) is 4.90 Å². The van der Waals surface area contributed by atoms with Gasteiger partial charge in [-0.1, -0.05) is 0 Å². The molecule has 0 radical (unpaired) electrons. The van der Waals surface area contributed by atoms with Crippen molar-refractivity contribution in [1.29, 1.82) is 0 Å². The highest BCUT2D eigenvalue weighted by atomic mass is 16.6. The van der Waals surface area contributed by atoms with Crippen LogP contribution in [0.25, 0.3) is 0 Å². The first-order valence-electron chi connectivity index (χ1n) is 8.57. The standard InChI is InChI=1S/C18H27N3O4/c1-12-9-15(16(21(23)24)10-13(12)2)19-14-7-6-8-20(11-14)17(22)25-18(3,4)5/h9-10,14,19H,6-8,11H2,1-5H3. The van der Waals surface area contributed by atoms with Gasteiger partial charge < -0.3 is 15.0 Å². The third kappa shape index (κ3) is 5.08. The summed E-state index contributed by atoms with van der Waals surface area (Å²) in [7, 11) is 0. The van der Waals surface area contributed by atoms with Crippen molar-refractivity contribution in [2.75, 3.05) is 18.4 Å². The molecule has 1 aliphatic heterocycles. The Morgan fingerprint density at radius 3 is 2.56 bits per heavy atom. The predicted molar refractivity (Wildman–Crippen MR) is 97.0 cm³/mol. The average molecular weight is 349 g/mol. The van der Waals surface area contributed by atoms with E-state index in [0.29, 0.717) is 18.8 Å². The van der Waals surface area contributed by atoms with E-state index < -0.39 is 5.60 Å². The van der Waals surface area contributed by atoms with Gasteiger partial charge in [-0.15, -0.1) is 0 Å². The van der Waals surface area contributed by atoms with Crippen molar-refractivity contribution in [2.45, 2.75) is 59.1 Å². The van der Waals surface area contributed by atoms with Gasteiger partial charge in [-0.25, -0.2) is 4.79 Å².